The third kappa shape index (κ3) is 4.42. The minimum Gasteiger partial charge on any atom is -0.369 e. The van der Waals surface area contributed by atoms with Crippen molar-refractivity contribution in [3.63, 3.8) is 0 Å². The van der Waals surface area contributed by atoms with Crippen molar-refractivity contribution < 1.29 is 0 Å². The molecule has 2 aromatic rings. The van der Waals surface area contributed by atoms with Crippen molar-refractivity contribution in [2.45, 2.75) is 19.4 Å². The molecule has 2 aromatic carbocycles. The summed E-state index contributed by atoms with van der Waals surface area (Å²) in [6, 6.07) is 19.2. The highest BCUT2D eigenvalue weighted by atomic mass is 15.1. The molecule has 0 bridgehead atoms. The number of fused-ring (bicyclic) bond motifs is 1. The average Bonchev–Trinajstić information content (AvgIpc) is 2.99. The average molecular weight is 307 g/mol. The van der Waals surface area contributed by atoms with Crippen molar-refractivity contribution in [3.05, 3.63) is 71.3 Å². The van der Waals surface area contributed by atoms with Gasteiger partial charge in [0.25, 0.3) is 0 Å². The topological polar surface area (TPSA) is 27.6 Å². The van der Waals surface area contributed by atoms with E-state index in [0.717, 1.165) is 38.4 Å². The zero-order valence-electron chi connectivity index (χ0n) is 13.8. The number of hydrogen-bond acceptors (Lipinski definition) is 3. The van der Waals surface area contributed by atoms with E-state index >= 15 is 0 Å². The fraction of sp³-hybridized carbons (Fsp3) is 0.350. The molecule has 0 atom stereocenters. The minimum atomic E-state index is 0.811. The summed E-state index contributed by atoms with van der Waals surface area (Å²) in [7, 11) is 2.19. The number of nitrogens with one attached hydrogen (secondary N) is 1. The summed E-state index contributed by atoms with van der Waals surface area (Å²) < 4.78 is 0. The Morgan fingerprint density at radius 3 is 2.65 bits per heavy atom. The summed E-state index contributed by atoms with van der Waals surface area (Å²) in [6.45, 7) is 3.91. The Kier molecular flexibility index (Phi) is 5.43. The van der Waals surface area contributed by atoms with Gasteiger partial charge in [0.2, 0.25) is 0 Å². The first kappa shape index (κ1) is 15.8. The number of amidine groups is 1. The molecule has 0 unspecified atom stereocenters. The first-order chi connectivity index (χ1) is 11.3. The number of aliphatic imine (C=N–C) groups is 1. The SMILES string of the molecule is CN(CCCc1ccccc1)CCNC1=NCc2ccccc21. The third-order valence-electron chi connectivity index (χ3n) is 4.31. The molecule has 1 N–H and O–H groups in total. The van der Waals surface area contributed by atoms with Crippen LogP contribution < -0.4 is 5.32 Å². The Labute approximate surface area is 139 Å². The predicted molar refractivity (Wildman–Crippen MR) is 96.9 cm³/mol. The van der Waals surface area contributed by atoms with Gasteiger partial charge < -0.3 is 10.2 Å². The molecule has 3 heteroatoms. The van der Waals surface area contributed by atoms with Crippen molar-refractivity contribution >= 4 is 5.84 Å². The molecule has 0 saturated heterocycles. The van der Waals surface area contributed by atoms with Crippen LogP contribution in [0.15, 0.2) is 59.6 Å². The maximum absolute atomic E-state index is 4.59. The molecular weight excluding hydrogens is 282 g/mol. The highest BCUT2D eigenvalue weighted by molar-refractivity contribution is 6.01. The zero-order valence-corrected chi connectivity index (χ0v) is 13.8. The lowest BCUT2D eigenvalue weighted by Gasteiger charge is -2.17. The second-order valence-electron chi connectivity index (χ2n) is 6.14. The standard InChI is InChI=1S/C20H25N3/c1-23(14-7-10-17-8-3-2-4-9-17)15-13-21-20-19-12-6-5-11-18(19)16-22-20/h2-6,8-9,11-12H,7,10,13-16H2,1H3,(H,21,22). The Morgan fingerprint density at radius 2 is 1.78 bits per heavy atom. The fourth-order valence-corrected chi connectivity index (χ4v) is 2.96. The summed E-state index contributed by atoms with van der Waals surface area (Å²) in [6.07, 6.45) is 2.35. The smallest absolute Gasteiger partial charge is 0.128 e. The van der Waals surface area contributed by atoms with E-state index in [0.29, 0.717) is 0 Å². The van der Waals surface area contributed by atoms with E-state index < -0.39 is 0 Å². The lowest BCUT2D eigenvalue weighted by atomic mass is 10.1. The van der Waals surface area contributed by atoms with Gasteiger partial charge >= 0.3 is 0 Å². The van der Waals surface area contributed by atoms with Crippen LogP contribution in [-0.2, 0) is 13.0 Å². The highest BCUT2D eigenvalue weighted by Gasteiger charge is 2.14. The van der Waals surface area contributed by atoms with Crippen LogP contribution in [0.1, 0.15) is 23.1 Å². The molecule has 1 aliphatic heterocycles. The van der Waals surface area contributed by atoms with E-state index in [9.17, 15) is 0 Å². The minimum absolute atomic E-state index is 0.811. The van der Waals surface area contributed by atoms with Gasteiger partial charge in [0, 0.05) is 18.7 Å². The van der Waals surface area contributed by atoms with Crippen molar-refractivity contribution in [1.82, 2.24) is 10.2 Å². The molecule has 0 aliphatic carbocycles. The van der Waals surface area contributed by atoms with Gasteiger partial charge in [0.05, 0.1) is 6.54 Å². The molecule has 120 valence electrons. The molecule has 1 heterocycles. The molecule has 0 aromatic heterocycles. The van der Waals surface area contributed by atoms with Gasteiger partial charge in [-0.3, -0.25) is 4.99 Å². The summed E-state index contributed by atoms with van der Waals surface area (Å²) in [5.74, 6) is 1.05. The summed E-state index contributed by atoms with van der Waals surface area (Å²) in [4.78, 5) is 6.98. The first-order valence-electron chi connectivity index (χ1n) is 8.42. The molecule has 0 radical (unpaired) electrons. The van der Waals surface area contributed by atoms with Crippen LogP contribution in [0.2, 0.25) is 0 Å². The number of rotatable bonds is 7. The lowest BCUT2D eigenvalue weighted by molar-refractivity contribution is 0.334. The fourth-order valence-electron chi connectivity index (χ4n) is 2.96. The monoisotopic (exact) mass is 307 g/mol. The number of nitrogens with zero attached hydrogens (tertiary/aromatic N) is 2. The molecule has 23 heavy (non-hydrogen) atoms. The van der Waals surface area contributed by atoms with Gasteiger partial charge in [-0.15, -0.1) is 0 Å². The van der Waals surface area contributed by atoms with Gasteiger partial charge in [-0.2, -0.15) is 0 Å². The van der Waals surface area contributed by atoms with Gasteiger partial charge in [0.15, 0.2) is 0 Å². The first-order valence-corrected chi connectivity index (χ1v) is 8.42. The third-order valence-corrected chi connectivity index (χ3v) is 4.31. The van der Waals surface area contributed by atoms with E-state index in [1.54, 1.807) is 0 Å². The van der Waals surface area contributed by atoms with E-state index in [-0.39, 0.29) is 0 Å². The van der Waals surface area contributed by atoms with Crippen LogP contribution in [0.4, 0.5) is 0 Å². The maximum atomic E-state index is 4.59. The van der Waals surface area contributed by atoms with Crippen LogP contribution in [0.25, 0.3) is 0 Å². The number of hydrogen-bond donors (Lipinski definition) is 1. The van der Waals surface area contributed by atoms with Crippen molar-refractivity contribution in [3.8, 4) is 0 Å². The Hall–Kier alpha value is -2.13. The van der Waals surface area contributed by atoms with Gasteiger partial charge in [0.1, 0.15) is 5.84 Å². The van der Waals surface area contributed by atoms with E-state index in [1.807, 2.05) is 0 Å². The van der Waals surface area contributed by atoms with Crippen molar-refractivity contribution in [1.29, 1.82) is 0 Å². The normalized spacial score (nSPS) is 13.0. The predicted octanol–water partition coefficient (Wildman–Crippen LogP) is 3.10. The Morgan fingerprint density at radius 1 is 1.00 bits per heavy atom. The summed E-state index contributed by atoms with van der Waals surface area (Å²) >= 11 is 0. The lowest BCUT2D eigenvalue weighted by Crippen LogP contribution is -2.33. The van der Waals surface area contributed by atoms with Crippen LogP contribution in [0, 0.1) is 0 Å². The molecule has 1 aliphatic rings. The zero-order chi connectivity index (χ0) is 15.9. The Balaban J connectivity index is 1.35. The Bertz CT molecular complexity index is 649. The summed E-state index contributed by atoms with van der Waals surface area (Å²) in [5, 5.41) is 3.49. The second kappa shape index (κ2) is 7.93. The van der Waals surface area contributed by atoms with E-state index in [4.69, 9.17) is 0 Å². The van der Waals surface area contributed by atoms with Crippen LogP contribution >= 0.6 is 0 Å². The maximum Gasteiger partial charge on any atom is 0.128 e. The molecule has 0 fully saturated rings. The molecule has 3 rings (SSSR count). The highest BCUT2D eigenvalue weighted by Crippen LogP contribution is 2.16. The van der Waals surface area contributed by atoms with Crippen LogP contribution in [-0.4, -0.2) is 37.4 Å². The van der Waals surface area contributed by atoms with Crippen LogP contribution in [0.3, 0.4) is 0 Å². The van der Waals surface area contributed by atoms with Gasteiger partial charge in [-0.1, -0.05) is 54.6 Å². The second-order valence-corrected chi connectivity index (χ2v) is 6.14. The molecule has 0 spiro atoms. The molecular formula is C20H25N3. The summed E-state index contributed by atoms with van der Waals surface area (Å²) in [5.41, 5.74) is 4.02. The van der Waals surface area contributed by atoms with Crippen LogP contribution in [0.5, 0.6) is 0 Å². The van der Waals surface area contributed by atoms with Crippen molar-refractivity contribution in [2.24, 2.45) is 4.99 Å². The largest absolute Gasteiger partial charge is 0.369 e. The molecule has 0 saturated carbocycles. The van der Waals surface area contributed by atoms with E-state index in [1.165, 1.54) is 23.1 Å². The molecule has 3 nitrogen and oxygen atoms in total. The van der Waals surface area contributed by atoms with E-state index in [2.05, 4.69) is 76.9 Å². The molecule has 0 amide bonds. The number of benzene rings is 2. The number of aryl methyl sites for hydroxylation is 1. The van der Waals surface area contributed by atoms with Crippen molar-refractivity contribution in [2.75, 3.05) is 26.7 Å². The van der Waals surface area contributed by atoms with Gasteiger partial charge in [-0.25, -0.2) is 0 Å². The number of likely N-dealkylation sites (N-methyl/N-ethyl adjacent to an activating group) is 1. The van der Waals surface area contributed by atoms with Gasteiger partial charge in [-0.05, 0) is 37.6 Å². The quantitative estimate of drug-likeness (QED) is 0.851.